The monoisotopic (exact) mass is 206 g/mol. The zero-order chi connectivity index (χ0) is 10.7. The Balaban J connectivity index is 1.92. The van der Waals surface area contributed by atoms with Crippen molar-refractivity contribution >= 4 is 0 Å². The van der Waals surface area contributed by atoms with Crippen molar-refractivity contribution in [2.24, 2.45) is 5.92 Å². The largest absolute Gasteiger partial charge is 0.310 e. The fourth-order valence-corrected chi connectivity index (χ4v) is 2.68. The molecule has 0 bridgehead atoms. The van der Waals surface area contributed by atoms with E-state index in [1.807, 2.05) is 0 Å². The van der Waals surface area contributed by atoms with Gasteiger partial charge in [0, 0.05) is 25.0 Å². The van der Waals surface area contributed by atoms with Crippen LogP contribution in [0.4, 0.5) is 0 Å². The van der Waals surface area contributed by atoms with Crippen LogP contribution in [-0.4, -0.2) is 36.6 Å². The minimum absolute atomic E-state index is 0.352. The van der Waals surface area contributed by atoms with Crippen LogP contribution in [0.1, 0.15) is 32.6 Å². The Morgan fingerprint density at radius 1 is 1.53 bits per heavy atom. The Bertz CT molecular complexity index is 252. The first-order valence-electron chi connectivity index (χ1n) is 6.15. The Morgan fingerprint density at radius 2 is 2.33 bits per heavy atom. The molecule has 2 fully saturated rings. The highest BCUT2D eigenvalue weighted by Crippen LogP contribution is 2.40. The molecule has 1 aliphatic carbocycles. The molecule has 0 amide bonds. The predicted molar refractivity (Wildman–Crippen MR) is 63.6 cm³/mol. The van der Waals surface area contributed by atoms with Gasteiger partial charge in [-0.05, 0) is 45.2 Å². The third kappa shape index (κ3) is 2.74. The quantitative estimate of drug-likeness (QED) is 0.704. The van der Waals surface area contributed by atoms with Crippen LogP contribution in [0.15, 0.2) is 0 Å². The van der Waals surface area contributed by atoms with Gasteiger partial charge in [0.1, 0.15) is 0 Å². The van der Waals surface area contributed by atoms with Gasteiger partial charge in [0.05, 0.1) is 0 Å². The maximum absolute atomic E-state index is 5.33. The minimum Gasteiger partial charge on any atom is -0.310 e. The molecule has 0 spiro atoms. The highest BCUT2D eigenvalue weighted by atomic mass is 15.2. The molecular formula is C13H22N2. The van der Waals surface area contributed by atoms with E-state index in [0.717, 1.165) is 18.9 Å². The van der Waals surface area contributed by atoms with Crippen molar-refractivity contribution < 1.29 is 0 Å². The first-order valence-corrected chi connectivity index (χ1v) is 6.15. The summed E-state index contributed by atoms with van der Waals surface area (Å²) in [6.45, 7) is 7.01. The fourth-order valence-electron chi connectivity index (χ4n) is 2.68. The normalized spacial score (nSPS) is 33.3. The summed E-state index contributed by atoms with van der Waals surface area (Å²) < 4.78 is 0. The second-order valence-electron chi connectivity index (χ2n) is 5.20. The first kappa shape index (κ1) is 11.0. The van der Waals surface area contributed by atoms with Crippen molar-refractivity contribution in [2.45, 2.75) is 38.1 Å². The second kappa shape index (κ2) is 4.55. The van der Waals surface area contributed by atoms with Crippen molar-refractivity contribution in [2.75, 3.05) is 26.2 Å². The van der Waals surface area contributed by atoms with E-state index in [9.17, 15) is 0 Å². The maximum Gasteiger partial charge on any atom is 0.0308 e. The lowest BCUT2D eigenvalue weighted by molar-refractivity contribution is 0.204. The van der Waals surface area contributed by atoms with E-state index in [1.165, 1.54) is 38.9 Å². The first-order chi connectivity index (χ1) is 7.24. The highest BCUT2D eigenvalue weighted by Gasteiger charge is 2.42. The van der Waals surface area contributed by atoms with Gasteiger partial charge in [0.2, 0.25) is 0 Å². The molecule has 2 nitrogen and oxygen atoms in total. The molecule has 1 saturated heterocycles. The van der Waals surface area contributed by atoms with Crippen LogP contribution in [0.3, 0.4) is 0 Å². The molecule has 0 aromatic heterocycles. The molecule has 1 saturated carbocycles. The van der Waals surface area contributed by atoms with Crippen LogP contribution in [0, 0.1) is 18.3 Å². The molecule has 2 rings (SSSR count). The molecule has 0 aromatic carbocycles. The van der Waals surface area contributed by atoms with Crippen LogP contribution >= 0.6 is 0 Å². The number of hydrogen-bond acceptors (Lipinski definition) is 2. The molecule has 0 aromatic rings. The lowest BCUT2D eigenvalue weighted by Crippen LogP contribution is -2.51. The lowest BCUT2D eigenvalue weighted by atomic mass is 9.95. The van der Waals surface area contributed by atoms with Crippen molar-refractivity contribution in [3.8, 4) is 12.3 Å². The molecule has 2 heteroatoms. The van der Waals surface area contributed by atoms with Gasteiger partial charge in [-0.1, -0.05) is 0 Å². The summed E-state index contributed by atoms with van der Waals surface area (Å²) in [5.74, 6) is 3.65. The summed E-state index contributed by atoms with van der Waals surface area (Å²) >= 11 is 0. The average molecular weight is 206 g/mol. The molecule has 1 heterocycles. The molecule has 15 heavy (non-hydrogen) atoms. The van der Waals surface area contributed by atoms with E-state index >= 15 is 0 Å². The maximum atomic E-state index is 5.33. The van der Waals surface area contributed by atoms with E-state index in [-0.39, 0.29) is 0 Å². The zero-order valence-electron chi connectivity index (χ0n) is 9.76. The standard InChI is InChI=1S/C13H22N2/c1-3-4-9-15-10-5-8-14-13(2,11-15)12-6-7-12/h1,12,14H,4-11H2,2H3. The summed E-state index contributed by atoms with van der Waals surface area (Å²) in [7, 11) is 0. The topological polar surface area (TPSA) is 15.3 Å². The Labute approximate surface area is 93.4 Å². The number of terminal acetylenes is 1. The van der Waals surface area contributed by atoms with Crippen molar-refractivity contribution in [3.05, 3.63) is 0 Å². The molecule has 84 valence electrons. The SMILES string of the molecule is C#CCCN1CCCNC(C)(C2CC2)C1. The number of hydrogen-bond donors (Lipinski definition) is 1. The van der Waals surface area contributed by atoms with Crippen LogP contribution in [0.5, 0.6) is 0 Å². The van der Waals surface area contributed by atoms with E-state index in [1.54, 1.807) is 0 Å². The summed E-state index contributed by atoms with van der Waals surface area (Å²) in [4.78, 5) is 2.54. The molecule has 1 aliphatic heterocycles. The smallest absolute Gasteiger partial charge is 0.0308 e. The Morgan fingerprint density at radius 3 is 3.00 bits per heavy atom. The number of nitrogens with zero attached hydrogens (tertiary/aromatic N) is 1. The van der Waals surface area contributed by atoms with Gasteiger partial charge in [-0.15, -0.1) is 12.3 Å². The molecule has 1 N–H and O–H groups in total. The summed E-state index contributed by atoms with van der Waals surface area (Å²) in [5, 5.41) is 3.73. The molecule has 1 unspecified atom stereocenters. The number of nitrogens with one attached hydrogen (secondary N) is 1. The van der Waals surface area contributed by atoms with E-state index < -0.39 is 0 Å². The van der Waals surface area contributed by atoms with Gasteiger partial charge in [-0.2, -0.15) is 0 Å². The molecule has 1 atom stereocenters. The van der Waals surface area contributed by atoms with Crippen LogP contribution < -0.4 is 5.32 Å². The van der Waals surface area contributed by atoms with Gasteiger partial charge in [0.25, 0.3) is 0 Å². The van der Waals surface area contributed by atoms with E-state index in [2.05, 4.69) is 23.1 Å². The average Bonchev–Trinajstić information content (AvgIpc) is 3.01. The molecular weight excluding hydrogens is 184 g/mol. The highest BCUT2D eigenvalue weighted by molar-refractivity contribution is 5.01. The van der Waals surface area contributed by atoms with Crippen molar-refractivity contribution in [3.63, 3.8) is 0 Å². The van der Waals surface area contributed by atoms with Crippen LogP contribution in [-0.2, 0) is 0 Å². The molecule has 0 radical (unpaired) electrons. The predicted octanol–water partition coefficient (Wildman–Crippen LogP) is 1.47. The van der Waals surface area contributed by atoms with Gasteiger partial charge < -0.3 is 10.2 Å². The lowest BCUT2D eigenvalue weighted by Gasteiger charge is -2.33. The third-order valence-corrected chi connectivity index (χ3v) is 3.78. The molecule has 2 aliphatic rings. The van der Waals surface area contributed by atoms with Gasteiger partial charge in [-0.3, -0.25) is 0 Å². The van der Waals surface area contributed by atoms with Crippen molar-refractivity contribution in [1.29, 1.82) is 0 Å². The summed E-state index contributed by atoms with van der Waals surface area (Å²) in [6, 6.07) is 0. The summed E-state index contributed by atoms with van der Waals surface area (Å²) in [5.41, 5.74) is 0.352. The van der Waals surface area contributed by atoms with Gasteiger partial charge in [-0.25, -0.2) is 0 Å². The number of rotatable bonds is 3. The van der Waals surface area contributed by atoms with Gasteiger partial charge in [0.15, 0.2) is 0 Å². The minimum atomic E-state index is 0.352. The van der Waals surface area contributed by atoms with E-state index in [4.69, 9.17) is 6.42 Å². The van der Waals surface area contributed by atoms with Crippen molar-refractivity contribution in [1.82, 2.24) is 10.2 Å². The fraction of sp³-hybridized carbons (Fsp3) is 0.846. The van der Waals surface area contributed by atoms with E-state index in [0.29, 0.717) is 5.54 Å². The second-order valence-corrected chi connectivity index (χ2v) is 5.20. The Hall–Kier alpha value is -0.520. The van der Waals surface area contributed by atoms with Gasteiger partial charge >= 0.3 is 0 Å². The third-order valence-electron chi connectivity index (χ3n) is 3.78. The zero-order valence-corrected chi connectivity index (χ0v) is 9.76. The Kier molecular flexibility index (Phi) is 3.33. The summed E-state index contributed by atoms with van der Waals surface area (Å²) in [6.07, 6.45) is 10.3. The van der Waals surface area contributed by atoms with Crippen LogP contribution in [0.2, 0.25) is 0 Å². The van der Waals surface area contributed by atoms with Crippen LogP contribution in [0.25, 0.3) is 0 Å².